The lowest BCUT2D eigenvalue weighted by molar-refractivity contribution is -0.137. The monoisotopic (exact) mass is 382 g/mol. The number of hydrogen-bond acceptors (Lipinski definition) is 5. The Morgan fingerprint density at radius 1 is 1.04 bits per heavy atom. The second kappa shape index (κ2) is 8.43. The number of hydrazone groups is 1. The molecule has 0 atom stereocenters. The second-order valence-corrected chi connectivity index (χ2v) is 5.24. The quantitative estimate of drug-likeness (QED) is 0.613. The minimum atomic E-state index is -4.53. The van der Waals surface area contributed by atoms with Crippen LogP contribution in [0.3, 0.4) is 0 Å². The van der Waals surface area contributed by atoms with Crippen molar-refractivity contribution >= 4 is 12.1 Å². The second-order valence-electron chi connectivity index (χ2n) is 5.24. The van der Waals surface area contributed by atoms with Crippen molar-refractivity contribution in [1.82, 2.24) is 5.43 Å². The lowest BCUT2D eigenvalue weighted by Gasteiger charge is -2.12. The molecule has 0 radical (unpaired) electrons. The van der Waals surface area contributed by atoms with Crippen LogP contribution < -0.4 is 19.6 Å². The van der Waals surface area contributed by atoms with Crippen molar-refractivity contribution < 1.29 is 32.2 Å². The molecule has 0 fully saturated rings. The number of benzene rings is 2. The fourth-order valence-corrected chi connectivity index (χ4v) is 2.24. The van der Waals surface area contributed by atoms with Crippen molar-refractivity contribution in [2.45, 2.75) is 6.18 Å². The van der Waals surface area contributed by atoms with Gasteiger partial charge >= 0.3 is 6.18 Å². The summed E-state index contributed by atoms with van der Waals surface area (Å²) in [4.78, 5) is 12.0. The maximum atomic E-state index is 12.7. The molecular weight excluding hydrogens is 365 g/mol. The summed E-state index contributed by atoms with van der Waals surface area (Å²) in [5.74, 6) is 0.403. The van der Waals surface area contributed by atoms with Crippen LogP contribution in [0.4, 0.5) is 13.2 Å². The van der Waals surface area contributed by atoms with Crippen molar-refractivity contribution in [3.8, 4) is 17.2 Å². The third kappa shape index (κ3) is 4.90. The zero-order chi connectivity index (χ0) is 20.0. The standard InChI is InChI=1S/C18H17F3N2O4/c1-25-14-7-11(8-15(26-2)16(14)27-3)10-22-23-17(24)12-5-4-6-13(9-12)18(19,20)21/h4-10H,1-3H3,(H,23,24). The number of amides is 1. The molecule has 144 valence electrons. The van der Waals surface area contributed by atoms with E-state index in [0.29, 0.717) is 22.8 Å². The van der Waals surface area contributed by atoms with Gasteiger partial charge in [-0.25, -0.2) is 5.43 Å². The molecule has 9 heteroatoms. The Kier molecular flexibility index (Phi) is 6.27. The minimum Gasteiger partial charge on any atom is -0.493 e. The van der Waals surface area contributed by atoms with Gasteiger partial charge in [-0.3, -0.25) is 4.79 Å². The number of carbonyl (C=O) groups is 1. The van der Waals surface area contributed by atoms with Gasteiger partial charge in [-0.15, -0.1) is 0 Å². The third-order valence-corrected chi connectivity index (χ3v) is 3.52. The average Bonchev–Trinajstić information content (AvgIpc) is 2.66. The molecule has 27 heavy (non-hydrogen) atoms. The van der Waals surface area contributed by atoms with E-state index < -0.39 is 17.6 Å². The van der Waals surface area contributed by atoms with Crippen molar-refractivity contribution in [3.05, 3.63) is 53.1 Å². The summed E-state index contributed by atoms with van der Waals surface area (Å²) in [6, 6.07) is 7.25. The fraction of sp³-hybridized carbons (Fsp3) is 0.222. The average molecular weight is 382 g/mol. The molecule has 0 aliphatic carbocycles. The van der Waals surface area contributed by atoms with Crippen LogP contribution in [0, 0.1) is 0 Å². The molecule has 0 aromatic heterocycles. The van der Waals surface area contributed by atoms with Gasteiger partial charge in [0.2, 0.25) is 5.75 Å². The van der Waals surface area contributed by atoms with E-state index in [4.69, 9.17) is 14.2 Å². The number of methoxy groups -OCH3 is 3. The maximum absolute atomic E-state index is 12.7. The largest absolute Gasteiger partial charge is 0.493 e. The van der Waals surface area contributed by atoms with Gasteiger partial charge in [0.05, 0.1) is 33.1 Å². The molecule has 0 bridgehead atoms. The molecule has 0 aliphatic rings. The highest BCUT2D eigenvalue weighted by Gasteiger charge is 2.30. The third-order valence-electron chi connectivity index (χ3n) is 3.52. The van der Waals surface area contributed by atoms with Crippen molar-refractivity contribution in [2.24, 2.45) is 5.10 Å². The summed E-state index contributed by atoms with van der Waals surface area (Å²) >= 11 is 0. The predicted molar refractivity (Wildman–Crippen MR) is 92.6 cm³/mol. The predicted octanol–water partition coefficient (Wildman–Crippen LogP) is 3.50. The van der Waals surface area contributed by atoms with Gasteiger partial charge in [0.15, 0.2) is 11.5 Å². The van der Waals surface area contributed by atoms with Gasteiger partial charge in [-0.1, -0.05) is 6.07 Å². The number of ether oxygens (including phenoxy) is 3. The first-order valence-corrected chi connectivity index (χ1v) is 7.60. The van der Waals surface area contributed by atoms with E-state index in [-0.39, 0.29) is 5.56 Å². The first-order valence-electron chi connectivity index (χ1n) is 7.60. The fourth-order valence-electron chi connectivity index (χ4n) is 2.24. The number of rotatable bonds is 6. The van der Waals surface area contributed by atoms with Crippen LogP contribution in [-0.2, 0) is 6.18 Å². The van der Waals surface area contributed by atoms with Crippen molar-refractivity contribution in [1.29, 1.82) is 0 Å². The summed E-state index contributed by atoms with van der Waals surface area (Å²) in [5.41, 5.74) is 1.63. The smallest absolute Gasteiger partial charge is 0.416 e. The molecule has 0 saturated heterocycles. The van der Waals surface area contributed by atoms with E-state index in [1.807, 2.05) is 0 Å². The first-order chi connectivity index (χ1) is 12.8. The lowest BCUT2D eigenvalue weighted by Crippen LogP contribution is -2.18. The molecular formula is C18H17F3N2O4. The Balaban J connectivity index is 2.17. The zero-order valence-electron chi connectivity index (χ0n) is 14.8. The molecule has 0 saturated carbocycles. The highest BCUT2D eigenvalue weighted by molar-refractivity contribution is 5.95. The van der Waals surface area contributed by atoms with E-state index in [0.717, 1.165) is 18.2 Å². The summed E-state index contributed by atoms with van der Waals surface area (Å²) in [6.45, 7) is 0. The molecule has 0 heterocycles. The number of halogens is 3. The van der Waals surface area contributed by atoms with Gasteiger partial charge in [-0.05, 0) is 30.3 Å². The molecule has 6 nitrogen and oxygen atoms in total. The van der Waals surface area contributed by atoms with Gasteiger partial charge in [0.1, 0.15) is 0 Å². The summed E-state index contributed by atoms with van der Waals surface area (Å²) < 4.78 is 53.7. The van der Waals surface area contributed by atoms with Crippen molar-refractivity contribution in [2.75, 3.05) is 21.3 Å². The van der Waals surface area contributed by atoms with Gasteiger partial charge in [0.25, 0.3) is 5.91 Å². The zero-order valence-corrected chi connectivity index (χ0v) is 14.8. The molecule has 0 spiro atoms. The van der Waals surface area contributed by atoms with Gasteiger partial charge in [-0.2, -0.15) is 18.3 Å². The summed E-state index contributed by atoms with van der Waals surface area (Å²) in [5, 5.41) is 3.76. The van der Waals surface area contributed by atoms with E-state index in [1.54, 1.807) is 12.1 Å². The molecule has 2 aromatic rings. The van der Waals surface area contributed by atoms with Crippen LogP contribution in [0.1, 0.15) is 21.5 Å². The van der Waals surface area contributed by atoms with Crippen LogP contribution >= 0.6 is 0 Å². The maximum Gasteiger partial charge on any atom is 0.416 e. The number of nitrogens with one attached hydrogen (secondary N) is 1. The van der Waals surface area contributed by atoms with Gasteiger partial charge < -0.3 is 14.2 Å². The lowest BCUT2D eigenvalue weighted by atomic mass is 10.1. The molecule has 0 aliphatic heterocycles. The summed E-state index contributed by atoms with van der Waals surface area (Å²) in [7, 11) is 4.37. The Morgan fingerprint density at radius 3 is 2.19 bits per heavy atom. The van der Waals surface area contributed by atoms with E-state index in [9.17, 15) is 18.0 Å². The molecule has 2 rings (SSSR count). The SMILES string of the molecule is COc1cc(C=NNC(=O)c2cccc(C(F)(F)F)c2)cc(OC)c1OC. The highest BCUT2D eigenvalue weighted by Crippen LogP contribution is 2.37. The number of nitrogens with zero attached hydrogens (tertiary/aromatic N) is 1. The van der Waals surface area contributed by atoms with Crippen LogP contribution in [0.15, 0.2) is 41.5 Å². The minimum absolute atomic E-state index is 0.160. The normalized spacial score (nSPS) is 11.3. The van der Waals surface area contributed by atoms with Crippen LogP contribution in [0.2, 0.25) is 0 Å². The van der Waals surface area contributed by atoms with E-state index in [2.05, 4.69) is 10.5 Å². The van der Waals surface area contributed by atoms with Crippen LogP contribution in [-0.4, -0.2) is 33.5 Å². The van der Waals surface area contributed by atoms with E-state index in [1.165, 1.54) is 33.6 Å². The number of carbonyl (C=O) groups excluding carboxylic acids is 1. The Morgan fingerprint density at radius 2 is 1.67 bits per heavy atom. The Bertz CT molecular complexity index is 826. The molecule has 0 unspecified atom stereocenters. The molecule has 1 amide bonds. The highest BCUT2D eigenvalue weighted by atomic mass is 19.4. The van der Waals surface area contributed by atoms with E-state index >= 15 is 0 Å². The number of hydrogen-bond donors (Lipinski definition) is 1. The Hall–Kier alpha value is -3.23. The topological polar surface area (TPSA) is 69.2 Å². The van der Waals surface area contributed by atoms with Gasteiger partial charge in [0, 0.05) is 11.1 Å². The Labute approximate surface area is 153 Å². The van der Waals surface area contributed by atoms with Crippen molar-refractivity contribution in [3.63, 3.8) is 0 Å². The van der Waals surface area contributed by atoms with Crippen LogP contribution in [0.5, 0.6) is 17.2 Å². The molecule has 2 aromatic carbocycles. The number of alkyl halides is 3. The van der Waals surface area contributed by atoms with Crippen LogP contribution in [0.25, 0.3) is 0 Å². The molecule has 1 N–H and O–H groups in total. The summed E-state index contributed by atoms with van der Waals surface area (Å²) in [6.07, 6.45) is -3.23. The first kappa shape index (κ1) is 20.1.